The van der Waals surface area contributed by atoms with Crippen LogP contribution in [0.3, 0.4) is 0 Å². The van der Waals surface area contributed by atoms with Gasteiger partial charge in [0.15, 0.2) is 0 Å². The smallest absolute Gasteiger partial charge is 0.247 e. The zero-order valence-electron chi connectivity index (χ0n) is 9.84. The number of hydrogen-bond donors (Lipinski definition) is 1. The highest BCUT2D eigenvalue weighted by atomic mass is 79.9. The molecule has 1 aromatic heterocycles. The number of hydrogen-bond acceptors (Lipinski definition) is 4. The maximum absolute atomic E-state index is 5.44. The zero-order valence-corrected chi connectivity index (χ0v) is 11.4. The molecule has 5 heteroatoms. The van der Waals surface area contributed by atoms with Crippen molar-refractivity contribution in [3.8, 4) is 0 Å². The molecule has 2 aromatic rings. The molecule has 0 spiro atoms. The summed E-state index contributed by atoms with van der Waals surface area (Å²) < 4.78 is 0. The van der Waals surface area contributed by atoms with Gasteiger partial charge in [-0.2, -0.15) is 0 Å². The van der Waals surface area contributed by atoms with Gasteiger partial charge in [0.05, 0.1) is 12.1 Å². The number of anilines is 1. The zero-order chi connectivity index (χ0) is 12.4. The molecule has 2 atom stereocenters. The highest BCUT2D eigenvalue weighted by molar-refractivity contribution is 9.09. The Labute approximate surface area is 114 Å². The van der Waals surface area contributed by atoms with E-state index < -0.39 is 0 Å². The Morgan fingerprint density at radius 1 is 1.33 bits per heavy atom. The average Bonchev–Trinajstić information content (AvgIpc) is 2.41. The van der Waals surface area contributed by atoms with E-state index in [9.17, 15) is 0 Å². The highest BCUT2D eigenvalue weighted by Gasteiger charge is 2.28. The number of aromatic nitrogens is 2. The lowest BCUT2D eigenvalue weighted by molar-refractivity contribution is 0.114. The van der Waals surface area contributed by atoms with E-state index >= 15 is 0 Å². The summed E-state index contributed by atoms with van der Waals surface area (Å²) in [5.41, 5.74) is 3.73. The lowest BCUT2D eigenvalue weighted by Gasteiger charge is -2.31. The summed E-state index contributed by atoms with van der Waals surface area (Å²) in [7, 11) is 0. The van der Waals surface area contributed by atoms with Gasteiger partial charge in [0, 0.05) is 16.4 Å². The first kappa shape index (κ1) is 11.9. The second kappa shape index (κ2) is 5.20. The van der Waals surface area contributed by atoms with Gasteiger partial charge >= 0.3 is 0 Å². The normalized spacial score (nSPS) is 22.7. The predicted octanol–water partition coefficient (Wildman–Crippen LogP) is 3.15. The Kier molecular flexibility index (Phi) is 3.43. The standard InChI is InChI=1S/C13H14BrN3O/c14-11-6-5-10(11)8-18-17-13-15-7-9-3-1-2-4-12(9)16-13/h1-4,7,10-11H,5-6,8H2,(H,15,16,17). The maximum Gasteiger partial charge on any atom is 0.247 e. The lowest BCUT2D eigenvalue weighted by Crippen LogP contribution is -2.31. The molecule has 4 nitrogen and oxygen atoms in total. The molecule has 0 radical (unpaired) electrons. The van der Waals surface area contributed by atoms with Crippen LogP contribution >= 0.6 is 15.9 Å². The Morgan fingerprint density at radius 2 is 2.22 bits per heavy atom. The van der Waals surface area contributed by atoms with E-state index in [1.54, 1.807) is 6.20 Å². The number of fused-ring (bicyclic) bond motifs is 1. The van der Waals surface area contributed by atoms with E-state index in [0.717, 1.165) is 10.9 Å². The summed E-state index contributed by atoms with van der Waals surface area (Å²) in [6.45, 7) is 0.687. The van der Waals surface area contributed by atoms with Crippen molar-refractivity contribution < 1.29 is 4.84 Å². The second-order valence-electron chi connectivity index (χ2n) is 4.52. The van der Waals surface area contributed by atoms with Crippen LogP contribution in [0.15, 0.2) is 30.5 Å². The van der Waals surface area contributed by atoms with Crippen LogP contribution in [0.5, 0.6) is 0 Å². The molecule has 1 aromatic carbocycles. The number of nitrogens with one attached hydrogen (secondary N) is 1. The van der Waals surface area contributed by atoms with E-state index in [-0.39, 0.29) is 0 Å². The van der Waals surface area contributed by atoms with Gasteiger partial charge in [0.1, 0.15) is 0 Å². The van der Waals surface area contributed by atoms with Crippen molar-refractivity contribution in [2.24, 2.45) is 5.92 Å². The van der Waals surface area contributed by atoms with Crippen molar-refractivity contribution in [3.63, 3.8) is 0 Å². The molecule has 18 heavy (non-hydrogen) atoms. The third-order valence-corrected chi connectivity index (χ3v) is 4.48. The van der Waals surface area contributed by atoms with E-state index in [4.69, 9.17) is 4.84 Å². The number of alkyl halides is 1. The van der Waals surface area contributed by atoms with Crippen LogP contribution < -0.4 is 5.48 Å². The third-order valence-electron chi connectivity index (χ3n) is 3.27. The molecule has 94 valence electrons. The minimum absolute atomic E-state index is 0.513. The van der Waals surface area contributed by atoms with Crippen LogP contribution in [0.2, 0.25) is 0 Å². The number of nitrogens with zero attached hydrogens (tertiary/aromatic N) is 2. The summed E-state index contributed by atoms with van der Waals surface area (Å²) in [6.07, 6.45) is 4.25. The van der Waals surface area contributed by atoms with Crippen molar-refractivity contribution in [2.75, 3.05) is 12.1 Å². The van der Waals surface area contributed by atoms with Crippen molar-refractivity contribution >= 4 is 32.8 Å². The molecular weight excluding hydrogens is 294 g/mol. The quantitative estimate of drug-likeness (QED) is 0.696. The largest absolute Gasteiger partial charge is 0.273 e. The van der Waals surface area contributed by atoms with Gasteiger partial charge in [-0.15, -0.1) is 0 Å². The first-order valence-corrected chi connectivity index (χ1v) is 6.98. The highest BCUT2D eigenvalue weighted by Crippen LogP contribution is 2.33. The fourth-order valence-electron chi connectivity index (χ4n) is 1.95. The van der Waals surface area contributed by atoms with Crippen molar-refractivity contribution in [2.45, 2.75) is 17.7 Å². The molecule has 1 aliphatic carbocycles. The summed E-state index contributed by atoms with van der Waals surface area (Å²) in [4.78, 5) is 14.6. The molecule has 2 unspecified atom stereocenters. The number of para-hydroxylation sites is 1. The maximum atomic E-state index is 5.44. The van der Waals surface area contributed by atoms with Gasteiger partial charge in [-0.05, 0) is 24.8 Å². The van der Waals surface area contributed by atoms with Gasteiger partial charge in [-0.1, -0.05) is 34.1 Å². The molecule has 1 fully saturated rings. The van der Waals surface area contributed by atoms with E-state index in [1.165, 1.54) is 12.8 Å². The summed E-state index contributed by atoms with van der Waals surface area (Å²) in [6, 6.07) is 7.89. The van der Waals surface area contributed by atoms with Gasteiger partial charge in [0.2, 0.25) is 5.95 Å². The minimum atomic E-state index is 0.513. The van der Waals surface area contributed by atoms with Crippen molar-refractivity contribution in [1.82, 2.24) is 9.97 Å². The van der Waals surface area contributed by atoms with Crippen molar-refractivity contribution in [1.29, 1.82) is 0 Å². The van der Waals surface area contributed by atoms with Crippen molar-refractivity contribution in [3.05, 3.63) is 30.5 Å². The first-order chi connectivity index (χ1) is 8.83. The molecular formula is C13H14BrN3O. The number of rotatable bonds is 4. The third kappa shape index (κ3) is 2.47. The summed E-state index contributed by atoms with van der Waals surface area (Å²) in [5, 5.41) is 1.03. The topological polar surface area (TPSA) is 47.0 Å². The molecule has 0 amide bonds. The number of halogens is 1. The Hall–Kier alpha value is -1.20. The molecule has 1 heterocycles. The molecule has 0 bridgehead atoms. The van der Waals surface area contributed by atoms with Gasteiger partial charge in [0.25, 0.3) is 0 Å². The number of benzene rings is 1. The first-order valence-electron chi connectivity index (χ1n) is 6.06. The van der Waals surface area contributed by atoms with E-state index in [1.807, 2.05) is 24.3 Å². The van der Waals surface area contributed by atoms with Crippen LogP contribution in [0, 0.1) is 5.92 Å². The Balaban J connectivity index is 1.60. The minimum Gasteiger partial charge on any atom is -0.273 e. The van der Waals surface area contributed by atoms with Gasteiger partial charge < -0.3 is 0 Å². The molecule has 1 saturated carbocycles. The van der Waals surface area contributed by atoms with Gasteiger partial charge in [-0.25, -0.2) is 15.4 Å². The molecule has 3 rings (SSSR count). The van der Waals surface area contributed by atoms with E-state index in [0.29, 0.717) is 23.3 Å². The predicted molar refractivity (Wildman–Crippen MR) is 74.6 cm³/mol. The van der Waals surface area contributed by atoms with Crippen LogP contribution in [-0.2, 0) is 4.84 Å². The van der Waals surface area contributed by atoms with Crippen LogP contribution in [0.1, 0.15) is 12.8 Å². The Bertz CT molecular complexity index is 549. The molecule has 0 saturated heterocycles. The van der Waals surface area contributed by atoms with E-state index in [2.05, 4.69) is 31.4 Å². The fraction of sp³-hybridized carbons (Fsp3) is 0.385. The lowest BCUT2D eigenvalue weighted by atomic mass is 9.86. The average molecular weight is 308 g/mol. The molecule has 1 aliphatic rings. The summed E-state index contributed by atoms with van der Waals surface area (Å²) >= 11 is 3.61. The summed E-state index contributed by atoms with van der Waals surface area (Å²) in [5.74, 6) is 1.11. The SMILES string of the molecule is BrC1CCC1CONc1ncc2ccccc2n1. The molecule has 0 aliphatic heterocycles. The van der Waals surface area contributed by atoms with Gasteiger partial charge in [-0.3, -0.25) is 4.84 Å². The van der Waals surface area contributed by atoms with Crippen LogP contribution in [0.4, 0.5) is 5.95 Å². The second-order valence-corrected chi connectivity index (χ2v) is 5.70. The Morgan fingerprint density at radius 3 is 3.00 bits per heavy atom. The fourth-order valence-corrected chi connectivity index (χ4v) is 2.63. The van der Waals surface area contributed by atoms with Crippen LogP contribution in [0.25, 0.3) is 10.9 Å². The van der Waals surface area contributed by atoms with Crippen LogP contribution in [-0.4, -0.2) is 21.4 Å². The molecule has 1 N–H and O–H groups in total. The monoisotopic (exact) mass is 307 g/mol.